The molecule has 1 aliphatic heterocycles. The molecule has 12 heteroatoms. The molecule has 1 fully saturated rings. The molecule has 0 amide bonds. The molecule has 0 spiro atoms. The molecule has 0 bridgehead atoms. The molecule has 1 saturated heterocycles. The minimum atomic E-state index is -0.640. The molecule has 0 radical (unpaired) electrons. The van der Waals surface area contributed by atoms with Gasteiger partial charge in [-0.15, -0.1) is 0 Å². The summed E-state index contributed by atoms with van der Waals surface area (Å²) >= 11 is 0. The summed E-state index contributed by atoms with van der Waals surface area (Å²) in [6, 6.07) is 10.1. The number of imidazole rings is 1. The molecule has 0 aliphatic carbocycles. The molecular formula is C33H28F3N5O4. The van der Waals surface area contributed by atoms with Crippen LogP contribution in [0.25, 0.3) is 11.0 Å². The van der Waals surface area contributed by atoms with Crippen LogP contribution in [0.3, 0.4) is 0 Å². The molecule has 45 heavy (non-hydrogen) atoms. The Morgan fingerprint density at radius 2 is 1.93 bits per heavy atom. The van der Waals surface area contributed by atoms with Gasteiger partial charge in [0.15, 0.2) is 0 Å². The number of esters is 1. The van der Waals surface area contributed by atoms with Crippen molar-refractivity contribution in [3.63, 3.8) is 0 Å². The fourth-order valence-corrected chi connectivity index (χ4v) is 4.75. The largest absolute Gasteiger partial charge is 0.473 e. The van der Waals surface area contributed by atoms with Gasteiger partial charge in [-0.3, -0.25) is 0 Å². The summed E-state index contributed by atoms with van der Waals surface area (Å²) in [6.45, 7) is 4.33. The third-order valence-corrected chi connectivity index (χ3v) is 7.28. The predicted octanol–water partition coefficient (Wildman–Crippen LogP) is 5.74. The highest BCUT2D eigenvalue weighted by molar-refractivity contribution is 5.93. The molecule has 0 N–H and O–H groups in total. The highest BCUT2D eigenvalue weighted by Crippen LogP contribution is 2.26. The quantitative estimate of drug-likeness (QED) is 0.0864. The molecule has 4 aromatic rings. The fourth-order valence-electron chi connectivity index (χ4n) is 4.75. The lowest BCUT2D eigenvalue weighted by Crippen LogP contribution is -2.31. The predicted molar refractivity (Wildman–Crippen MR) is 159 cm³/mol. The molecule has 2 aromatic carbocycles. The van der Waals surface area contributed by atoms with E-state index in [4.69, 9.17) is 19.5 Å². The maximum absolute atomic E-state index is 15.3. The molecule has 9 nitrogen and oxygen atoms in total. The lowest BCUT2D eigenvalue weighted by atomic mass is 10.0. The third-order valence-electron chi connectivity index (χ3n) is 7.28. The molecule has 1 aliphatic rings. The summed E-state index contributed by atoms with van der Waals surface area (Å²) in [5, 5.41) is 8.80. The van der Waals surface area contributed by atoms with Crippen molar-refractivity contribution < 1.29 is 32.2 Å². The van der Waals surface area contributed by atoms with Crippen LogP contribution in [-0.2, 0) is 40.2 Å². The van der Waals surface area contributed by atoms with E-state index < -0.39 is 23.4 Å². The van der Waals surface area contributed by atoms with Crippen molar-refractivity contribution in [2.45, 2.75) is 38.5 Å². The summed E-state index contributed by atoms with van der Waals surface area (Å²) in [6.07, 6.45) is 6.70. The Morgan fingerprint density at radius 3 is 2.62 bits per heavy atom. The number of carbonyl (C=O) groups is 1. The van der Waals surface area contributed by atoms with Gasteiger partial charge >= 0.3 is 5.97 Å². The SMILES string of the molecule is C=N/C(=C\C=C/Cc1cc(F)c(Cc2nc3ccc(C(=O)OC)cc3n2C[C@@H]2CCO2)cc1F)OCc1cnc(C#N)cc1F. The van der Waals surface area contributed by atoms with Crippen molar-refractivity contribution in [2.24, 2.45) is 4.99 Å². The van der Waals surface area contributed by atoms with E-state index in [2.05, 4.69) is 21.7 Å². The highest BCUT2D eigenvalue weighted by atomic mass is 19.1. The van der Waals surface area contributed by atoms with E-state index in [0.717, 1.165) is 24.6 Å². The summed E-state index contributed by atoms with van der Waals surface area (Å²) in [5.41, 5.74) is 2.00. The number of allylic oxidation sites excluding steroid dienone is 3. The van der Waals surface area contributed by atoms with Gasteiger partial charge in [0, 0.05) is 30.9 Å². The molecule has 1 atom stereocenters. The minimum absolute atomic E-state index is 0.0254. The van der Waals surface area contributed by atoms with Gasteiger partial charge < -0.3 is 18.8 Å². The number of carbonyl (C=O) groups excluding carboxylic acids is 1. The van der Waals surface area contributed by atoms with Crippen LogP contribution in [0.15, 0.2) is 71.7 Å². The number of ether oxygens (including phenoxy) is 3. The molecule has 3 heterocycles. The number of hydrogen-bond donors (Lipinski definition) is 0. The number of aliphatic imine (C=N–C) groups is 1. The number of aromatic nitrogens is 3. The number of halogens is 3. The Bertz CT molecular complexity index is 1860. The smallest absolute Gasteiger partial charge is 0.337 e. The van der Waals surface area contributed by atoms with Gasteiger partial charge in [-0.05, 0) is 67.1 Å². The molecular weight excluding hydrogens is 587 g/mol. The molecule has 2 aromatic heterocycles. The Morgan fingerprint density at radius 1 is 1.18 bits per heavy atom. The second-order valence-corrected chi connectivity index (χ2v) is 10.2. The second kappa shape index (κ2) is 14.0. The van der Waals surface area contributed by atoms with Gasteiger partial charge in [-0.2, -0.15) is 5.26 Å². The maximum atomic E-state index is 15.3. The fraction of sp³-hybridized carbons (Fsp3) is 0.242. The van der Waals surface area contributed by atoms with E-state index in [1.54, 1.807) is 30.3 Å². The van der Waals surface area contributed by atoms with Gasteiger partial charge in [-0.25, -0.2) is 32.9 Å². The topological polar surface area (TPSA) is 112 Å². The average molecular weight is 616 g/mol. The van der Waals surface area contributed by atoms with Gasteiger partial charge in [-0.1, -0.05) is 12.2 Å². The molecule has 230 valence electrons. The van der Waals surface area contributed by atoms with E-state index in [-0.39, 0.29) is 53.8 Å². The van der Waals surface area contributed by atoms with Crippen LogP contribution < -0.4 is 0 Å². The van der Waals surface area contributed by atoms with Crippen molar-refractivity contribution in [3.8, 4) is 6.07 Å². The van der Waals surface area contributed by atoms with E-state index in [9.17, 15) is 9.18 Å². The van der Waals surface area contributed by atoms with E-state index in [1.165, 1.54) is 25.5 Å². The van der Waals surface area contributed by atoms with E-state index >= 15 is 8.78 Å². The van der Waals surface area contributed by atoms with Crippen molar-refractivity contribution in [1.29, 1.82) is 5.26 Å². The lowest BCUT2D eigenvalue weighted by molar-refractivity contribution is -0.0589. The molecule has 0 unspecified atom stereocenters. The summed E-state index contributed by atoms with van der Waals surface area (Å²) < 4.78 is 62.2. The summed E-state index contributed by atoms with van der Waals surface area (Å²) in [7, 11) is 1.30. The third kappa shape index (κ3) is 7.27. The van der Waals surface area contributed by atoms with Crippen LogP contribution in [0.2, 0.25) is 0 Å². The van der Waals surface area contributed by atoms with Crippen LogP contribution >= 0.6 is 0 Å². The van der Waals surface area contributed by atoms with Gasteiger partial charge in [0.1, 0.15) is 41.6 Å². The Labute approximate surface area is 256 Å². The number of fused-ring (bicyclic) bond motifs is 1. The highest BCUT2D eigenvalue weighted by Gasteiger charge is 2.23. The van der Waals surface area contributed by atoms with Crippen LogP contribution in [0.1, 0.15) is 45.0 Å². The second-order valence-electron chi connectivity index (χ2n) is 10.2. The lowest BCUT2D eigenvalue weighted by Gasteiger charge is -2.27. The van der Waals surface area contributed by atoms with E-state index in [1.807, 2.05) is 4.57 Å². The molecule has 0 saturated carbocycles. The Hall–Kier alpha value is -5.28. The number of nitriles is 1. The number of pyridine rings is 1. The first-order valence-corrected chi connectivity index (χ1v) is 14.0. The van der Waals surface area contributed by atoms with Crippen molar-refractivity contribution in [1.82, 2.24) is 14.5 Å². The van der Waals surface area contributed by atoms with Crippen molar-refractivity contribution >= 4 is 23.7 Å². The van der Waals surface area contributed by atoms with E-state index in [0.29, 0.717) is 35.6 Å². The van der Waals surface area contributed by atoms with Crippen LogP contribution in [0, 0.1) is 28.8 Å². The standard InChI is InChI=1S/C33H28F3N5O4/c1-38-32(45-19-23-17-39-24(16-37)15-28(23)36)6-4-3-5-20-11-27(35)22(12-26(20)34)14-31-40-29-8-7-21(33(42)43-2)13-30(29)41(31)18-25-9-10-44-25/h3-4,6-8,11-13,15,17,25H,1,5,9-10,14,18-19H2,2H3/b4-3-,32-6+/t25-/m0/s1. The first-order chi connectivity index (χ1) is 21.8. The summed E-state index contributed by atoms with van der Waals surface area (Å²) in [5.74, 6) is -1.71. The number of rotatable bonds is 12. The Kier molecular flexibility index (Phi) is 9.70. The molecule has 5 rings (SSSR count). The normalized spacial score (nSPS) is 14.7. The van der Waals surface area contributed by atoms with Crippen LogP contribution in [-0.4, -0.2) is 47.0 Å². The number of nitrogens with zero attached hydrogens (tertiary/aromatic N) is 5. The maximum Gasteiger partial charge on any atom is 0.337 e. The zero-order chi connectivity index (χ0) is 31.9. The van der Waals surface area contributed by atoms with Gasteiger partial charge in [0.25, 0.3) is 0 Å². The van der Waals surface area contributed by atoms with Gasteiger partial charge in [0.2, 0.25) is 5.88 Å². The average Bonchev–Trinajstić information content (AvgIpc) is 3.36. The van der Waals surface area contributed by atoms with Crippen molar-refractivity contribution in [3.05, 3.63) is 118 Å². The first-order valence-electron chi connectivity index (χ1n) is 14.0. The van der Waals surface area contributed by atoms with Gasteiger partial charge in [0.05, 0.1) is 36.4 Å². The first kappa shape index (κ1) is 31.2. The van der Waals surface area contributed by atoms with Crippen molar-refractivity contribution in [2.75, 3.05) is 13.7 Å². The number of methoxy groups -OCH3 is 1. The zero-order valence-electron chi connectivity index (χ0n) is 24.3. The number of hydrogen-bond acceptors (Lipinski definition) is 8. The monoisotopic (exact) mass is 615 g/mol. The zero-order valence-corrected chi connectivity index (χ0v) is 24.3. The minimum Gasteiger partial charge on any atom is -0.473 e. The van der Waals surface area contributed by atoms with Crippen LogP contribution in [0.5, 0.6) is 0 Å². The number of benzene rings is 2. The Balaban J connectivity index is 1.29. The van der Waals surface area contributed by atoms with Crippen LogP contribution in [0.4, 0.5) is 13.2 Å². The summed E-state index contributed by atoms with van der Waals surface area (Å²) in [4.78, 5) is 24.3.